The van der Waals surface area contributed by atoms with E-state index in [2.05, 4.69) is 111 Å². The highest BCUT2D eigenvalue weighted by molar-refractivity contribution is 7.45. The van der Waals surface area contributed by atoms with Crippen LogP contribution in [0.4, 0.5) is 0 Å². The molecule has 69 heavy (non-hydrogen) atoms. The Morgan fingerprint density at radius 2 is 0.841 bits per heavy atom. The molecule has 0 spiro atoms. The van der Waals surface area contributed by atoms with Crippen LogP contribution in [-0.4, -0.2) is 70.7 Å². The average Bonchev–Trinajstić information content (AvgIpc) is 3.31. The van der Waals surface area contributed by atoms with E-state index in [0.717, 1.165) is 83.5 Å². The third kappa shape index (κ3) is 56.2. The van der Waals surface area contributed by atoms with Crippen molar-refractivity contribution in [3.05, 3.63) is 97.2 Å². The summed E-state index contributed by atoms with van der Waals surface area (Å²) in [5.74, 6) is -0.352. The second-order valence-electron chi connectivity index (χ2n) is 19.6. The third-order valence-electron chi connectivity index (χ3n) is 11.6. The van der Waals surface area contributed by atoms with Gasteiger partial charge in [-0.3, -0.25) is 9.36 Å². The van der Waals surface area contributed by atoms with Gasteiger partial charge in [-0.2, -0.15) is 0 Å². The lowest BCUT2D eigenvalue weighted by Gasteiger charge is -2.28. The molecule has 0 fully saturated rings. The van der Waals surface area contributed by atoms with E-state index in [-0.39, 0.29) is 25.8 Å². The normalized spacial score (nSPS) is 14.2. The lowest BCUT2D eigenvalue weighted by molar-refractivity contribution is -0.870. The van der Waals surface area contributed by atoms with Crippen LogP contribution in [0.5, 0.6) is 0 Å². The number of allylic oxidation sites excluding steroid dienone is 16. The minimum Gasteiger partial charge on any atom is -0.756 e. The van der Waals surface area contributed by atoms with Crippen molar-refractivity contribution in [2.45, 2.75) is 225 Å². The molecule has 0 rings (SSSR count). The summed E-state index contributed by atoms with van der Waals surface area (Å²) < 4.78 is 34.8. The van der Waals surface area contributed by atoms with Crippen LogP contribution in [0, 0.1) is 0 Å². The van der Waals surface area contributed by atoms with E-state index >= 15 is 0 Å². The zero-order chi connectivity index (χ0) is 50.5. The number of hydrogen-bond donors (Lipinski definition) is 0. The Balaban J connectivity index is 4.21. The highest BCUT2D eigenvalue weighted by Crippen LogP contribution is 2.38. The quantitative estimate of drug-likeness (QED) is 0.0197. The number of hydrogen-bond acceptors (Lipinski definition) is 7. The highest BCUT2D eigenvalue weighted by Gasteiger charge is 2.20. The van der Waals surface area contributed by atoms with E-state index in [0.29, 0.717) is 24.1 Å². The molecule has 0 saturated heterocycles. The molecule has 0 bridgehead atoms. The van der Waals surface area contributed by atoms with Gasteiger partial charge in [0, 0.05) is 13.0 Å². The molecule has 0 N–H and O–H groups in total. The zero-order valence-electron chi connectivity index (χ0n) is 45.2. The van der Waals surface area contributed by atoms with Crippen molar-refractivity contribution in [2.24, 2.45) is 0 Å². The first kappa shape index (κ1) is 66.4. The average molecular weight is 984 g/mol. The van der Waals surface area contributed by atoms with E-state index in [1.54, 1.807) is 0 Å². The number of carbonyl (C=O) groups is 1. The second-order valence-corrected chi connectivity index (χ2v) is 21.0. The number of phosphoric ester groups is 1. The number of carbonyl (C=O) groups excluding carboxylic acids is 1. The summed E-state index contributed by atoms with van der Waals surface area (Å²) in [7, 11) is 1.32. The third-order valence-corrected chi connectivity index (χ3v) is 12.6. The standard InChI is InChI=1S/C60H106NO7P/c1-6-8-10-12-14-16-18-20-22-24-26-28-30-32-34-36-38-40-42-44-46-48-50-52-55-65-57-59(58-67-69(63,64)66-56-54-61(3,4)5)68-60(62)53-51-49-47-45-43-41-39-37-35-33-31-29-27-25-23-21-19-17-15-13-11-9-7-2/h8,10,14,16,20,22,25-28,32,34,38,40,44,46,59H,6-7,9,11-13,15,17-19,21,23-24,29-31,33,35-37,39,41-43,45,47-58H2,1-5H3/b10-8-,16-14-,22-20-,27-25-,28-26-,34-32-,40-38-,46-44-. The number of esters is 1. The minimum absolute atomic E-state index is 0.0125. The Morgan fingerprint density at radius 3 is 1.28 bits per heavy atom. The number of unbranched alkanes of at least 4 members (excludes halogenated alkanes) is 21. The number of likely N-dealkylation sites (N-methyl/N-ethyl adjacent to an activating group) is 1. The Labute approximate surface area is 426 Å². The SMILES string of the molecule is CC/C=C\C/C=C\C/C=C\C/C=C\C/C=C\C/C=C\C/C=C\CCCCOCC(COP(=O)([O-])OCC[N+](C)(C)C)OC(=O)CCCCCCCCCCCCC/C=C\CCCCCCCCCC. The largest absolute Gasteiger partial charge is 0.756 e. The molecule has 398 valence electrons. The maximum Gasteiger partial charge on any atom is 0.306 e. The predicted molar refractivity (Wildman–Crippen MR) is 295 cm³/mol. The molecule has 8 nitrogen and oxygen atoms in total. The fourth-order valence-electron chi connectivity index (χ4n) is 7.35. The Morgan fingerprint density at radius 1 is 0.464 bits per heavy atom. The maximum absolute atomic E-state index is 12.8. The summed E-state index contributed by atoms with van der Waals surface area (Å²) in [6, 6.07) is 0. The molecule has 2 atom stereocenters. The topological polar surface area (TPSA) is 94.1 Å². The van der Waals surface area contributed by atoms with Crippen LogP contribution >= 0.6 is 7.82 Å². The second kappa shape index (κ2) is 51.8. The number of ether oxygens (including phenoxy) is 2. The molecule has 0 aromatic heterocycles. The smallest absolute Gasteiger partial charge is 0.306 e. The van der Waals surface area contributed by atoms with Gasteiger partial charge in [0.1, 0.15) is 19.3 Å². The van der Waals surface area contributed by atoms with Gasteiger partial charge in [0.05, 0.1) is 34.4 Å². The Hall–Kier alpha value is -2.58. The van der Waals surface area contributed by atoms with Crippen molar-refractivity contribution in [2.75, 3.05) is 54.1 Å². The molecule has 0 aliphatic rings. The summed E-state index contributed by atoms with van der Waals surface area (Å²) in [4.78, 5) is 25.2. The van der Waals surface area contributed by atoms with Crippen molar-refractivity contribution in [1.82, 2.24) is 0 Å². The molecule has 0 saturated carbocycles. The van der Waals surface area contributed by atoms with Crippen LogP contribution in [0.15, 0.2) is 97.2 Å². The summed E-state index contributed by atoms with van der Waals surface area (Å²) in [5, 5.41) is 0. The first-order valence-corrected chi connectivity index (χ1v) is 29.4. The van der Waals surface area contributed by atoms with Crippen molar-refractivity contribution < 1.29 is 37.3 Å². The molecule has 0 aliphatic carbocycles. The van der Waals surface area contributed by atoms with Crippen LogP contribution < -0.4 is 4.89 Å². The summed E-state index contributed by atoms with van der Waals surface area (Å²) >= 11 is 0. The molecule has 0 heterocycles. The van der Waals surface area contributed by atoms with Gasteiger partial charge in [-0.1, -0.05) is 214 Å². The number of rotatable bonds is 51. The van der Waals surface area contributed by atoms with Gasteiger partial charge < -0.3 is 27.9 Å². The van der Waals surface area contributed by atoms with E-state index in [9.17, 15) is 14.3 Å². The molecule has 0 aromatic carbocycles. The molecule has 9 heteroatoms. The minimum atomic E-state index is -4.55. The van der Waals surface area contributed by atoms with E-state index < -0.39 is 13.9 Å². The molecule has 2 unspecified atom stereocenters. The van der Waals surface area contributed by atoms with Crippen molar-refractivity contribution >= 4 is 13.8 Å². The number of nitrogens with zero attached hydrogens (tertiary/aromatic N) is 1. The van der Waals surface area contributed by atoms with Gasteiger partial charge in [-0.05, 0) is 96.3 Å². The fraction of sp³-hybridized carbons (Fsp3) is 0.717. The van der Waals surface area contributed by atoms with Gasteiger partial charge in [0.15, 0.2) is 0 Å². The van der Waals surface area contributed by atoms with Gasteiger partial charge in [-0.25, -0.2) is 0 Å². The van der Waals surface area contributed by atoms with Gasteiger partial charge in [0.25, 0.3) is 7.82 Å². The summed E-state index contributed by atoms with van der Waals surface area (Å²) in [6.45, 7) is 5.18. The van der Waals surface area contributed by atoms with Crippen molar-refractivity contribution in [1.29, 1.82) is 0 Å². The molecule has 0 amide bonds. The van der Waals surface area contributed by atoms with E-state index in [1.165, 1.54) is 116 Å². The lowest BCUT2D eigenvalue weighted by atomic mass is 10.0. The fourth-order valence-corrected chi connectivity index (χ4v) is 8.07. The van der Waals surface area contributed by atoms with Crippen LogP contribution in [0.3, 0.4) is 0 Å². The molecule has 0 radical (unpaired) electrons. The molecule has 0 aromatic rings. The van der Waals surface area contributed by atoms with Gasteiger partial charge in [0.2, 0.25) is 0 Å². The highest BCUT2D eigenvalue weighted by atomic mass is 31.2. The van der Waals surface area contributed by atoms with E-state index in [1.807, 2.05) is 21.1 Å². The van der Waals surface area contributed by atoms with Crippen LogP contribution in [0.1, 0.15) is 219 Å². The van der Waals surface area contributed by atoms with Gasteiger partial charge in [-0.15, -0.1) is 0 Å². The molecular formula is C60H106NO7P. The van der Waals surface area contributed by atoms with Crippen LogP contribution in [0.25, 0.3) is 0 Å². The first-order valence-electron chi connectivity index (χ1n) is 28.0. The summed E-state index contributed by atoms with van der Waals surface area (Å²) in [5.41, 5.74) is 0. The van der Waals surface area contributed by atoms with Crippen molar-refractivity contribution in [3.63, 3.8) is 0 Å². The lowest BCUT2D eigenvalue weighted by Crippen LogP contribution is -2.37. The summed E-state index contributed by atoms with van der Waals surface area (Å²) in [6.07, 6.45) is 71.7. The predicted octanol–water partition coefficient (Wildman–Crippen LogP) is 17.1. The first-order chi connectivity index (χ1) is 33.6. The van der Waals surface area contributed by atoms with Crippen molar-refractivity contribution in [3.8, 4) is 0 Å². The van der Waals surface area contributed by atoms with E-state index in [4.69, 9.17) is 18.5 Å². The van der Waals surface area contributed by atoms with Crippen LogP contribution in [-0.2, 0) is 27.9 Å². The Bertz CT molecular complexity index is 1420. The monoisotopic (exact) mass is 984 g/mol. The van der Waals surface area contributed by atoms with Gasteiger partial charge >= 0.3 is 5.97 Å². The molecular weight excluding hydrogens is 878 g/mol. The number of quaternary nitrogens is 1. The van der Waals surface area contributed by atoms with Crippen LogP contribution in [0.2, 0.25) is 0 Å². The zero-order valence-corrected chi connectivity index (χ0v) is 46.1. The maximum atomic E-state index is 12.8. The Kier molecular flexibility index (Phi) is 49.8. The molecule has 0 aliphatic heterocycles. The number of phosphoric acid groups is 1.